The van der Waals surface area contributed by atoms with Gasteiger partial charge in [0.15, 0.2) is 0 Å². The maximum absolute atomic E-state index is 8.79. The molecule has 0 saturated heterocycles. The minimum atomic E-state index is 0.273. The van der Waals surface area contributed by atoms with Gasteiger partial charge in [0.1, 0.15) is 0 Å². The van der Waals surface area contributed by atoms with Crippen molar-refractivity contribution in [1.29, 1.82) is 0 Å². The Balaban J connectivity index is 3.49. The molecule has 0 bridgehead atoms. The molecular weight excluding hydrogens is 170 g/mol. The lowest BCUT2D eigenvalue weighted by molar-refractivity contribution is 0.174. The fraction of sp³-hybridized carbons (Fsp3) is 1.00. The van der Waals surface area contributed by atoms with E-state index in [0.29, 0.717) is 6.04 Å². The SMILES string of the molecule is CCSCCN(CCO)C(C)C. The molecule has 0 spiro atoms. The van der Waals surface area contributed by atoms with Crippen molar-refractivity contribution in [2.75, 3.05) is 31.2 Å². The van der Waals surface area contributed by atoms with Gasteiger partial charge in [-0.15, -0.1) is 0 Å². The van der Waals surface area contributed by atoms with Gasteiger partial charge in [-0.05, 0) is 19.6 Å². The normalized spacial score (nSPS) is 11.5. The Morgan fingerprint density at radius 3 is 2.42 bits per heavy atom. The average Bonchev–Trinajstić information content (AvgIpc) is 2.03. The fourth-order valence-corrected chi connectivity index (χ4v) is 1.74. The summed E-state index contributed by atoms with van der Waals surface area (Å²) >= 11 is 1.96. The predicted molar refractivity (Wildman–Crippen MR) is 56.8 cm³/mol. The van der Waals surface area contributed by atoms with Crippen LogP contribution >= 0.6 is 11.8 Å². The van der Waals surface area contributed by atoms with Crippen LogP contribution in [0, 0.1) is 0 Å². The summed E-state index contributed by atoms with van der Waals surface area (Å²) in [5.74, 6) is 2.36. The molecule has 0 fully saturated rings. The number of nitrogens with zero attached hydrogens (tertiary/aromatic N) is 1. The molecule has 0 saturated carbocycles. The molecule has 1 N–H and O–H groups in total. The molecule has 0 aliphatic carbocycles. The standard InChI is InChI=1S/C9H21NOS/c1-4-12-8-6-10(5-7-11)9(2)3/h9,11H,4-8H2,1-3H3. The molecule has 0 aromatic rings. The van der Waals surface area contributed by atoms with Crippen LogP contribution in [0.4, 0.5) is 0 Å². The summed E-state index contributed by atoms with van der Waals surface area (Å²) in [6.07, 6.45) is 0. The van der Waals surface area contributed by atoms with E-state index in [1.54, 1.807) is 0 Å². The van der Waals surface area contributed by atoms with E-state index in [2.05, 4.69) is 25.7 Å². The van der Waals surface area contributed by atoms with Crippen LogP contribution in [0.2, 0.25) is 0 Å². The van der Waals surface area contributed by atoms with Crippen LogP contribution in [-0.2, 0) is 0 Å². The third-order valence-corrected chi connectivity index (χ3v) is 2.72. The number of hydrogen-bond acceptors (Lipinski definition) is 3. The third-order valence-electron chi connectivity index (χ3n) is 1.84. The maximum atomic E-state index is 8.79. The van der Waals surface area contributed by atoms with Crippen LogP contribution in [0.25, 0.3) is 0 Å². The Kier molecular flexibility index (Phi) is 8.07. The smallest absolute Gasteiger partial charge is 0.0558 e. The molecule has 0 unspecified atom stereocenters. The maximum Gasteiger partial charge on any atom is 0.0558 e. The lowest BCUT2D eigenvalue weighted by atomic mass is 10.3. The number of hydrogen-bond donors (Lipinski definition) is 1. The highest BCUT2D eigenvalue weighted by Crippen LogP contribution is 2.02. The predicted octanol–water partition coefficient (Wildman–Crippen LogP) is 1.44. The van der Waals surface area contributed by atoms with Gasteiger partial charge in [0.2, 0.25) is 0 Å². The van der Waals surface area contributed by atoms with E-state index in [4.69, 9.17) is 5.11 Å². The van der Waals surface area contributed by atoms with E-state index in [1.807, 2.05) is 11.8 Å². The topological polar surface area (TPSA) is 23.5 Å². The summed E-state index contributed by atoms with van der Waals surface area (Å²) in [5, 5.41) is 8.79. The minimum absolute atomic E-state index is 0.273. The Morgan fingerprint density at radius 2 is 2.00 bits per heavy atom. The first-order valence-corrected chi connectivity index (χ1v) is 5.80. The Morgan fingerprint density at radius 1 is 1.33 bits per heavy atom. The Bertz CT molecular complexity index is 98.5. The van der Waals surface area contributed by atoms with Gasteiger partial charge in [0.25, 0.3) is 0 Å². The van der Waals surface area contributed by atoms with Gasteiger partial charge in [0.05, 0.1) is 6.61 Å². The molecule has 12 heavy (non-hydrogen) atoms. The number of thioether (sulfide) groups is 1. The molecule has 0 heterocycles. The molecule has 0 aromatic carbocycles. The van der Waals surface area contributed by atoms with Gasteiger partial charge in [-0.25, -0.2) is 0 Å². The second-order valence-corrected chi connectivity index (χ2v) is 4.44. The Hall–Kier alpha value is 0.270. The zero-order valence-electron chi connectivity index (χ0n) is 8.42. The summed E-state index contributed by atoms with van der Waals surface area (Å²) in [4.78, 5) is 2.31. The quantitative estimate of drug-likeness (QED) is 0.616. The number of rotatable bonds is 7. The highest BCUT2D eigenvalue weighted by Gasteiger charge is 2.06. The number of aliphatic hydroxyl groups is 1. The van der Waals surface area contributed by atoms with Crippen LogP contribution in [0.3, 0.4) is 0 Å². The van der Waals surface area contributed by atoms with Crippen molar-refractivity contribution in [2.45, 2.75) is 26.8 Å². The summed E-state index contributed by atoms with van der Waals surface area (Å²) < 4.78 is 0. The molecule has 0 radical (unpaired) electrons. The van der Waals surface area contributed by atoms with Crippen LogP contribution in [0.5, 0.6) is 0 Å². The van der Waals surface area contributed by atoms with Crippen LogP contribution in [-0.4, -0.2) is 47.3 Å². The van der Waals surface area contributed by atoms with E-state index in [1.165, 1.54) is 11.5 Å². The molecule has 0 aliphatic rings. The van der Waals surface area contributed by atoms with Crippen molar-refractivity contribution in [3.63, 3.8) is 0 Å². The van der Waals surface area contributed by atoms with E-state index < -0.39 is 0 Å². The van der Waals surface area contributed by atoms with Gasteiger partial charge < -0.3 is 5.11 Å². The molecule has 0 rings (SSSR count). The molecule has 2 nitrogen and oxygen atoms in total. The first kappa shape index (κ1) is 12.3. The van der Waals surface area contributed by atoms with Crippen molar-refractivity contribution in [3.05, 3.63) is 0 Å². The van der Waals surface area contributed by atoms with Crippen molar-refractivity contribution in [3.8, 4) is 0 Å². The van der Waals surface area contributed by atoms with Gasteiger partial charge in [-0.3, -0.25) is 4.90 Å². The molecular formula is C9H21NOS. The zero-order valence-corrected chi connectivity index (χ0v) is 9.23. The molecule has 0 amide bonds. The minimum Gasteiger partial charge on any atom is -0.395 e. The lowest BCUT2D eigenvalue weighted by Crippen LogP contribution is -2.35. The largest absolute Gasteiger partial charge is 0.395 e. The Labute approximate surface area is 80.3 Å². The van der Waals surface area contributed by atoms with E-state index in [-0.39, 0.29) is 6.61 Å². The average molecular weight is 191 g/mol. The van der Waals surface area contributed by atoms with Crippen LogP contribution in [0.1, 0.15) is 20.8 Å². The third kappa shape index (κ3) is 5.86. The van der Waals surface area contributed by atoms with Crippen molar-refractivity contribution in [1.82, 2.24) is 4.90 Å². The first-order chi connectivity index (χ1) is 5.72. The second-order valence-electron chi connectivity index (χ2n) is 3.05. The first-order valence-electron chi connectivity index (χ1n) is 4.65. The lowest BCUT2D eigenvalue weighted by Gasteiger charge is -2.25. The summed E-state index contributed by atoms with van der Waals surface area (Å²) in [7, 11) is 0. The monoisotopic (exact) mass is 191 g/mol. The summed E-state index contributed by atoms with van der Waals surface area (Å²) in [6, 6.07) is 0.551. The van der Waals surface area contributed by atoms with Crippen LogP contribution < -0.4 is 0 Å². The highest BCUT2D eigenvalue weighted by molar-refractivity contribution is 7.99. The van der Waals surface area contributed by atoms with Gasteiger partial charge in [-0.2, -0.15) is 11.8 Å². The molecule has 3 heteroatoms. The van der Waals surface area contributed by atoms with Crippen molar-refractivity contribution in [2.24, 2.45) is 0 Å². The van der Waals surface area contributed by atoms with Gasteiger partial charge in [-0.1, -0.05) is 6.92 Å². The van der Waals surface area contributed by atoms with E-state index in [9.17, 15) is 0 Å². The molecule has 0 aliphatic heterocycles. The number of aliphatic hydroxyl groups excluding tert-OH is 1. The summed E-state index contributed by atoms with van der Waals surface area (Å²) in [5.41, 5.74) is 0. The molecule has 74 valence electrons. The molecule has 0 atom stereocenters. The summed E-state index contributed by atoms with van der Waals surface area (Å²) in [6.45, 7) is 8.70. The highest BCUT2D eigenvalue weighted by atomic mass is 32.2. The van der Waals surface area contributed by atoms with Crippen molar-refractivity contribution >= 4 is 11.8 Å². The zero-order chi connectivity index (χ0) is 9.40. The van der Waals surface area contributed by atoms with E-state index in [0.717, 1.165) is 13.1 Å². The fourth-order valence-electron chi connectivity index (χ4n) is 1.08. The van der Waals surface area contributed by atoms with E-state index >= 15 is 0 Å². The van der Waals surface area contributed by atoms with Gasteiger partial charge >= 0.3 is 0 Å². The molecule has 0 aromatic heterocycles. The van der Waals surface area contributed by atoms with Gasteiger partial charge in [0, 0.05) is 24.9 Å². The van der Waals surface area contributed by atoms with Crippen molar-refractivity contribution < 1.29 is 5.11 Å². The van der Waals surface area contributed by atoms with Crippen LogP contribution in [0.15, 0.2) is 0 Å². The second kappa shape index (κ2) is 7.90.